The van der Waals surface area contributed by atoms with E-state index in [0.717, 1.165) is 38.5 Å². The lowest BCUT2D eigenvalue weighted by Gasteiger charge is -2.36. The van der Waals surface area contributed by atoms with Crippen LogP contribution in [0.5, 0.6) is 5.75 Å². The minimum atomic E-state index is 0.193. The number of amides is 1. The van der Waals surface area contributed by atoms with Gasteiger partial charge < -0.3 is 9.64 Å². The molecule has 0 aliphatic carbocycles. The van der Waals surface area contributed by atoms with Gasteiger partial charge in [-0.1, -0.05) is 48.5 Å². The molecular formula is C25H32N2O2. The number of rotatable bonds is 6. The highest BCUT2D eigenvalue weighted by atomic mass is 16.5. The molecule has 1 amide bonds. The van der Waals surface area contributed by atoms with Crippen LogP contribution in [0, 0.1) is 17.8 Å². The van der Waals surface area contributed by atoms with Crippen LogP contribution in [0.3, 0.4) is 0 Å². The Bertz CT molecular complexity index is 772. The first kappa shape index (κ1) is 20.0. The lowest BCUT2D eigenvalue weighted by Crippen LogP contribution is -2.38. The van der Waals surface area contributed by atoms with Crippen LogP contribution in [-0.2, 0) is 11.3 Å². The summed E-state index contributed by atoms with van der Waals surface area (Å²) in [5.41, 5.74) is 1.39. The van der Waals surface area contributed by atoms with E-state index in [9.17, 15) is 4.79 Å². The van der Waals surface area contributed by atoms with Crippen molar-refractivity contribution in [3.05, 3.63) is 66.2 Å². The first-order chi connectivity index (χ1) is 14.2. The third kappa shape index (κ3) is 5.18. The van der Waals surface area contributed by atoms with Gasteiger partial charge in [-0.2, -0.15) is 0 Å². The predicted molar refractivity (Wildman–Crippen MR) is 116 cm³/mol. The largest absolute Gasteiger partial charge is 0.493 e. The molecule has 0 aromatic heterocycles. The van der Waals surface area contributed by atoms with Crippen molar-refractivity contribution >= 4 is 5.91 Å². The molecule has 2 aliphatic rings. The van der Waals surface area contributed by atoms with Crippen LogP contribution in [0.4, 0.5) is 0 Å². The molecule has 0 N–H and O–H groups in total. The van der Waals surface area contributed by atoms with Crippen LogP contribution in [0.25, 0.3) is 0 Å². The zero-order valence-corrected chi connectivity index (χ0v) is 17.4. The maximum Gasteiger partial charge on any atom is 0.219 e. The number of nitrogens with zero attached hydrogens (tertiary/aromatic N) is 2. The predicted octanol–water partition coefficient (Wildman–Crippen LogP) is 4.07. The van der Waals surface area contributed by atoms with Crippen LogP contribution in [-0.4, -0.2) is 48.5 Å². The highest BCUT2D eigenvalue weighted by Gasteiger charge is 2.40. The number of hydrogen-bond acceptors (Lipinski definition) is 3. The molecule has 4 heteroatoms. The Hall–Kier alpha value is -2.33. The van der Waals surface area contributed by atoms with E-state index in [-0.39, 0.29) is 5.91 Å². The second-order valence-electron chi connectivity index (χ2n) is 8.57. The quantitative estimate of drug-likeness (QED) is 0.743. The van der Waals surface area contributed by atoms with E-state index in [4.69, 9.17) is 4.74 Å². The molecule has 2 fully saturated rings. The Morgan fingerprint density at radius 1 is 0.966 bits per heavy atom. The summed E-state index contributed by atoms with van der Waals surface area (Å²) in [4.78, 5) is 16.6. The van der Waals surface area contributed by atoms with Crippen molar-refractivity contribution in [1.82, 2.24) is 9.80 Å². The zero-order chi connectivity index (χ0) is 20.1. The van der Waals surface area contributed by atoms with Crippen molar-refractivity contribution in [3.63, 3.8) is 0 Å². The van der Waals surface area contributed by atoms with E-state index < -0.39 is 0 Å². The third-order valence-corrected chi connectivity index (χ3v) is 6.63. The molecule has 2 aromatic carbocycles. The standard InChI is InChI=1S/C25H32N2O2/c1-20(28)27-17-23(19-29-24-10-6-3-7-11-24)25(18-27)22-12-14-26(15-13-22)16-21-8-4-2-5-9-21/h2-11,22-23,25H,12-19H2,1H3/t23-,25-/m0/s1. The molecule has 0 bridgehead atoms. The lowest BCUT2D eigenvalue weighted by atomic mass is 9.78. The van der Waals surface area contributed by atoms with Crippen LogP contribution >= 0.6 is 0 Å². The molecule has 2 heterocycles. The molecule has 0 saturated carbocycles. The van der Waals surface area contributed by atoms with Crippen LogP contribution in [0.2, 0.25) is 0 Å². The zero-order valence-electron chi connectivity index (χ0n) is 17.4. The molecule has 2 aliphatic heterocycles. The van der Waals surface area contributed by atoms with Crippen LogP contribution in [0.15, 0.2) is 60.7 Å². The van der Waals surface area contributed by atoms with Crippen LogP contribution < -0.4 is 4.74 Å². The number of carbonyl (C=O) groups is 1. The Morgan fingerprint density at radius 2 is 1.62 bits per heavy atom. The van der Waals surface area contributed by atoms with Crippen molar-refractivity contribution in [3.8, 4) is 5.75 Å². The highest BCUT2D eigenvalue weighted by molar-refractivity contribution is 5.73. The second kappa shape index (κ2) is 9.45. The van der Waals surface area contributed by atoms with E-state index in [1.807, 2.05) is 35.2 Å². The summed E-state index contributed by atoms with van der Waals surface area (Å²) in [5.74, 6) is 2.76. The summed E-state index contributed by atoms with van der Waals surface area (Å²) < 4.78 is 6.09. The van der Waals surface area contributed by atoms with Crippen molar-refractivity contribution in [1.29, 1.82) is 0 Å². The SMILES string of the molecule is CC(=O)N1C[C@@H](COc2ccccc2)[C@H](C2CCN(Cc3ccccc3)CC2)C1. The van der Waals surface area contributed by atoms with Gasteiger partial charge in [0.05, 0.1) is 6.61 Å². The molecule has 29 heavy (non-hydrogen) atoms. The molecule has 2 atom stereocenters. The Morgan fingerprint density at radius 3 is 2.28 bits per heavy atom. The van der Waals surface area contributed by atoms with Crippen molar-refractivity contribution in [2.75, 3.05) is 32.8 Å². The number of hydrogen-bond donors (Lipinski definition) is 0. The van der Waals surface area contributed by atoms with Gasteiger partial charge >= 0.3 is 0 Å². The average Bonchev–Trinajstić information content (AvgIpc) is 3.19. The third-order valence-electron chi connectivity index (χ3n) is 6.63. The normalized spacial score (nSPS) is 23.3. The van der Waals surface area contributed by atoms with Gasteiger partial charge in [-0.25, -0.2) is 0 Å². The molecule has 0 unspecified atom stereocenters. The number of para-hydroxylation sites is 1. The van der Waals surface area contributed by atoms with Crippen molar-refractivity contribution in [2.45, 2.75) is 26.3 Å². The summed E-state index contributed by atoms with van der Waals surface area (Å²) in [5, 5.41) is 0. The maximum atomic E-state index is 12.0. The number of benzene rings is 2. The molecule has 2 saturated heterocycles. The number of ether oxygens (including phenoxy) is 1. The fourth-order valence-corrected chi connectivity index (χ4v) is 4.96. The summed E-state index contributed by atoms with van der Waals surface area (Å²) in [6, 6.07) is 20.8. The minimum absolute atomic E-state index is 0.193. The van der Waals surface area contributed by atoms with Gasteiger partial charge in [0.2, 0.25) is 5.91 Å². The minimum Gasteiger partial charge on any atom is -0.493 e. The number of carbonyl (C=O) groups excluding carboxylic acids is 1. The molecule has 4 rings (SSSR count). The van der Waals surface area contributed by atoms with Gasteiger partial charge in [-0.05, 0) is 55.5 Å². The van der Waals surface area contributed by atoms with E-state index in [1.54, 1.807) is 6.92 Å². The lowest BCUT2D eigenvalue weighted by molar-refractivity contribution is -0.128. The topological polar surface area (TPSA) is 32.8 Å². The molecule has 154 valence electrons. The summed E-state index contributed by atoms with van der Waals surface area (Å²) in [6.07, 6.45) is 2.43. The fourth-order valence-electron chi connectivity index (χ4n) is 4.96. The monoisotopic (exact) mass is 392 g/mol. The molecule has 0 radical (unpaired) electrons. The van der Waals surface area contributed by atoms with Gasteiger partial charge in [-0.15, -0.1) is 0 Å². The fraction of sp³-hybridized carbons (Fsp3) is 0.480. The number of likely N-dealkylation sites (tertiary alicyclic amines) is 2. The first-order valence-electron chi connectivity index (χ1n) is 10.9. The Kier molecular flexibility index (Phi) is 6.50. The van der Waals surface area contributed by atoms with Crippen molar-refractivity contribution < 1.29 is 9.53 Å². The van der Waals surface area contributed by atoms with Gasteiger partial charge in [0, 0.05) is 32.5 Å². The van der Waals surface area contributed by atoms with Crippen LogP contribution in [0.1, 0.15) is 25.3 Å². The van der Waals surface area contributed by atoms with E-state index >= 15 is 0 Å². The van der Waals surface area contributed by atoms with Gasteiger partial charge in [0.15, 0.2) is 0 Å². The molecule has 0 spiro atoms. The second-order valence-corrected chi connectivity index (χ2v) is 8.57. The first-order valence-corrected chi connectivity index (χ1v) is 10.9. The summed E-state index contributed by atoms with van der Waals surface area (Å²) in [7, 11) is 0. The van der Waals surface area contributed by atoms with E-state index in [2.05, 4.69) is 35.2 Å². The van der Waals surface area contributed by atoms with Gasteiger partial charge in [0.1, 0.15) is 5.75 Å². The Labute approximate surface area is 174 Å². The molecular weight excluding hydrogens is 360 g/mol. The highest BCUT2D eigenvalue weighted by Crippen LogP contribution is 2.36. The van der Waals surface area contributed by atoms with E-state index in [1.165, 1.54) is 18.4 Å². The summed E-state index contributed by atoms with van der Waals surface area (Å²) in [6.45, 7) is 7.43. The van der Waals surface area contributed by atoms with Crippen molar-refractivity contribution in [2.24, 2.45) is 17.8 Å². The Balaban J connectivity index is 1.34. The van der Waals surface area contributed by atoms with Gasteiger partial charge in [-0.3, -0.25) is 9.69 Å². The molecule has 4 nitrogen and oxygen atoms in total. The average molecular weight is 393 g/mol. The smallest absolute Gasteiger partial charge is 0.219 e. The maximum absolute atomic E-state index is 12.0. The van der Waals surface area contributed by atoms with E-state index in [0.29, 0.717) is 24.4 Å². The summed E-state index contributed by atoms with van der Waals surface area (Å²) >= 11 is 0. The number of piperidine rings is 1. The van der Waals surface area contributed by atoms with Gasteiger partial charge in [0.25, 0.3) is 0 Å². The molecule has 2 aromatic rings.